The Morgan fingerprint density at radius 2 is 1.96 bits per heavy atom. The first-order chi connectivity index (χ1) is 13.0. The van der Waals surface area contributed by atoms with E-state index in [1.807, 2.05) is 31.2 Å². The topological polar surface area (TPSA) is 76.7 Å². The molecule has 3 atom stereocenters. The van der Waals surface area contributed by atoms with Crippen LogP contribution >= 0.6 is 0 Å². The molecule has 146 valence electrons. The molecule has 3 rings (SSSR count). The van der Waals surface area contributed by atoms with Crippen LogP contribution < -0.4 is 15.4 Å². The number of benzene rings is 1. The molecule has 2 aliphatic rings. The lowest BCUT2D eigenvalue weighted by Crippen LogP contribution is -2.45. The number of esters is 1. The highest BCUT2D eigenvalue weighted by molar-refractivity contribution is 5.95. The smallest absolute Gasteiger partial charge is 0.338 e. The van der Waals surface area contributed by atoms with E-state index in [0.717, 1.165) is 30.6 Å². The largest absolute Gasteiger partial charge is 0.494 e. The minimum atomic E-state index is -0.539. The Kier molecular flexibility index (Phi) is 6.04. The Morgan fingerprint density at radius 3 is 2.63 bits per heavy atom. The zero-order valence-corrected chi connectivity index (χ0v) is 16.2. The number of hydrogen-bond donors (Lipinski definition) is 2. The summed E-state index contributed by atoms with van der Waals surface area (Å²) >= 11 is 0. The molecule has 0 aromatic heterocycles. The summed E-state index contributed by atoms with van der Waals surface area (Å²) in [5.41, 5.74) is 1.81. The van der Waals surface area contributed by atoms with Gasteiger partial charge in [-0.05, 0) is 56.7 Å². The number of allylic oxidation sites excluding steroid dienone is 1. The lowest BCUT2D eigenvalue weighted by atomic mass is 9.88. The van der Waals surface area contributed by atoms with Crippen LogP contribution in [0.4, 0.5) is 4.79 Å². The van der Waals surface area contributed by atoms with Gasteiger partial charge in [0.1, 0.15) is 11.9 Å². The molecule has 1 saturated carbocycles. The fourth-order valence-electron chi connectivity index (χ4n) is 3.84. The van der Waals surface area contributed by atoms with Crippen molar-refractivity contribution in [3.8, 4) is 5.75 Å². The number of urea groups is 1. The normalized spacial score (nSPS) is 25.4. The Hall–Kier alpha value is -2.50. The third-order valence-electron chi connectivity index (χ3n) is 5.18. The fraction of sp³-hybridized carbons (Fsp3) is 0.524. The zero-order chi connectivity index (χ0) is 19.4. The predicted molar refractivity (Wildman–Crippen MR) is 102 cm³/mol. The maximum Gasteiger partial charge on any atom is 0.338 e. The Bertz CT molecular complexity index is 726. The molecule has 27 heavy (non-hydrogen) atoms. The van der Waals surface area contributed by atoms with Crippen LogP contribution in [0, 0.1) is 5.92 Å². The van der Waals surface area contributed by atoms with E-state index in [4.69, 9.17) is 9.47 Å². The maximum absolute atomic E-state index is 12.9. The van der Waals surface area contributed by atoms with Crippen LogP contribution in [0.1, 0.15) is 58.1 Å². The number of rotatable bonds is 5. The van der Waals surface area contributed by atoms with Gasteiger partial charge in [0.05, 0.1) is 18.2 Å². The monoisotopic (exact) mass is 372 g/mol. The van der Waals surface area contributed by atoms with Gasteiger partial charge in [-0.3, -0.25) is 0 Å². The number of ether oxygens (including phenoxy) is 2. The average Bonchev–Trinajstić information content (AvgIpc) is 2.62. The van der Waals surface area contributed by atoms with Crippen LogP contribution in [-0.2, 0) is 9.53 Å². The van der Waals surface area contributed by atoms with Gasteiger partial charge in [-0.25, -0.2) is 9.59 Å². The Balaban J connectivity index is 1.81. The second-order valence-electron chi connectivity index (χ2n) is 7.37. The van der Waals surface area contributed by atoms with Crippen molar-refractivity contribution in [3.05, 3.63) is 41.1 Å². The van der Waals surface area contributed by atoms with Gasteiger partial charge in [0.25, 0.3) is 0 Å². The number of hydrogen-bond acceptors (Lipinski definition) is 4. The second-order valence-corrected chi connectivity index (χ2v) is 7.37. The maximum atomic E-state index is 12.9. The molecule has 2 N–H and O–H groups in total. The summed E-state index contributed by atoms with van der Waals surface area (Å²) in [6.07, 6.45) is 4.00. The highest BCUT2D eigenvalue weighted by atomic mass is 16.5. The van der Waals surface area contributed by atoms with E-state index in [-0.39, 0.29) is 18.1 Å². The lowest BCUT2D eigenvalue weighted by molar-refractivity contribution is -0.146. The first-order valence-corrected chi connectivity index (χ1v) is 9.70. The van der Waals surface area contributed by atoms with Crippen LogP contribution in [0.3, 0.4) is 0 Å². The SMILES string of the molecule is CCOc1ccc(C2NC(=O)NC(C)=C2C(=O)OC2CCCC(C)C2)cc1. The van der Waals surface area contributed by atoms with Crippen molar-refractivity contribution < 1.29 is 19.1 Å². The summed E-state index contributed by atoms with van der Waals surface area (Å²) in [6, 6.07) is 6.55. The number of carbonyl (C=O) groups is 2. The minimum Gasteiger partial charge on any atom is -0.494 e. The van der Waals surface area contributed by atoms with Crippen molar-refractivity contribution in [3.63, 3.8) is 0 Å². The number of amides is 2. The summed E-state index contributed by atoms with van der Waals surface area (Å²) in [5, 5.41) is 5.53. The van der Waals surface area contributed by atoms with Crippen LogP contribution in [0.15, 0.2) is 35.5 Å². The summed E-state index contributed by atoms with van der Waals surface area (Å²) in [7, 11) is 0. The van der Waals surface area contributed by atoms with E-state index in [0.29, 0.717) is 23.8 Å². The molecule has 2 amide bonds. The molecule has 6 heteroatoms. The molecule has 1 aromatic carbocycles. The van der Waals surface area contributed by atoms with Gasteiger partial charge in [0.15, 0.2) is 0 Å². The fourth-order valence-corrected chi connectivity index (χ4v) is 3.84. The molecule has 6 nitrogen and oxygen atoms in total. The van der Waals surface area contributed by atoms with Crippen LogP contribution in [0.5, 0.6) is 5.75 Å². The molecule has 0 spiro atoms. The molecule has 1 aromatic rings. The van der Waals surface area contributed by atoms with Crippen LogP contribution in [0.25, 0.3) is 0 Å². The number of carbonyl (C=O) groups excluding carboxylic acids is 2. The quantitative estimate of drug-likeness (QED) is 0.770. The van der Waals surface area contributed by atoms with E-state index in [1.165, 1.54) is 6.42 Å². The van der Waals surface area contributed by atoms with E-state index >= 15 is 0 Å². The molecule has 0 saturated heterocycles. The molecule has 0 bridgehead atoms. The van der Waals surface area contributed by atoms with Gasteiger partial charge in [-0.1, -0.05) is 25.5 Å². The summed E-state index contributed by atoms with van der Waals surface area (Å²) in [6.45, 7) is 6.43. The van der Waals surface area contributed by atoms with Gasteiger partial charge in [0.2, 0.25) is 0 Å². The Morgan fingerprint density at radius 1 is 1.22 bits per heavy atom. The third-order valence-corrected chi connectivity index (χ3v) is 5.18. The van der Waals surface area contributed by atoms with E-state index in [2.05, 4.69) is 17.6 Å². The van der Waals surface area contributed by atoms with Gasteiger partial charge < -0.3 is 20.1 Å². The van der Waals surface area contributed by atoms with Crippen molar-refractivity contribution in [1.29, 1.82) is 0 Å². The summed E-state index contributed by atoms with van der Waals surface area (Å²) in [4.78, 5) is 24.9. The van der Waals surface area contributed by atoms with Crippen LogP contribution in [-0.4, -0.2) is 24.7 Å². The molecule has 1 aliphatic carbocycles. The van der Waals surface area contributed by atoms with Crippen molar-refractivity contribution in [1.82, 2.24) is 10.6 Å². The zero-order valence-electron chi connectivity index (χ0n) is 16.2. The van der Waals surface area contributed by atoms with Gasteiger partial charge >= 0.3 is 12.0 Å². The lowest BCUT2D eigenvalue weighted by Gasteiger charge is -2.31. The van der Waals surface area contributed by atoms with E-state index in [9.17, 15) is 9.59 Å². The molecular weight excluding hydrogens is 344 g/mol. The molecule has 1 aliphatic heterocycles. The van der Waals surface area contributed by atoms with Crippen molar-refractivity contribution >= 4 is 12.0 Å². The molecule has 3 unspecified atom stereocenters. The van der Waals surface area contributed by atoms with Crippen LogP contribution in [0.2, 0.25) is 0 Å². The molecule has 0 radical (unpaired) electrons. The van der Waals surface area contributed by atoms with Crippen molar-refractivity contribution in [2.24, 2.45) is 5.92 Å². The van der Waals surface area contributed by atoms with Gasteiger partial charge in [0, 0.05) is 5.70 Å². The minimum absolute atomic E-state index is 0.0554. The highest BCUT2D eigenvalue weighted by Crippen LogP contribution is 2.31. The third kappa shape index (κ3) is 4.62. The van der Waals surface area contributed by atoms with E-state index in [1.54, 1.807) is 6.92 Å². The van der Waals surface area contributed by atoms with Crippen molar-refractivity contribution in [2.75, 3.05) is 6.61 Å². The van der Waals surface area contributed by atoms with Crippen molar-refractivity contribution in [2.45, 2.75) is 58.6 Å². The molecule has 1 fully saturated rings. The second kappa shape index (κ2) is 8.46. The standard InChI is InChI=1S/C21H28N2O4/c1-4-26-16-10-8-15(9-11-16)19-18(14(3)22-21(25)23-19)20(24)27-17-7-5-6-13(2)12-17/h8-11,13,17,19H,4-7,12H2,1-3H3,(H2,22,23,25). The van der Waals surface area contributed by atoms with Gasteiger partial charge in [-0.2, -0.15) is 0 Å². The van der Waals surface area contributed by atoms with Gasteiger partial charge in [-0.15, -0.1) is 0 Å². The average molecular weight is 372 g/mol. The van der Waals surface area contributed by atoms with E-state index < -0.39 is 6.04 Å². The predicted octanol–water partition coefficient (Wildman–Crippen LogP) is 3.84. The molecule has 1 heterocycles. The summed E-state index contributed by atoms with van der Waals surface area (Å²) in [5.74, 6) is 0.957. The highest BCUT2D eigenvalue weighted by Gasteiger charge is 2.34. The Labute approximate surface area is 160 Å². The first kappa shape index (κ1) is 19.3. The molecular formula is C21H28N2O4. The summed E-state index contributed by atoms with van der Waals surface area (Å²) < 4.78 is 11.3. The number of nitrogens with one attached hydrogen (secondary N) is 2. The first-order valence-electron chi connectivity index (χ1n) is 9.70.